The Bertz CT molecular complexity index is 1390. The highest BCUT2D eigenvalue weighted by atomic mass is 16.5. The summed E-state index contributed by atoms with van der Waals surface area (Å²) in [7, 11) is 0. The van der Waals surface area contributed by atoms with Gasteiger partial charge in [0.25, 0.3) is 0 Å². The summed E-state index contributed by atoms with van der Waals surface area (Å²) < 4.78 is 12.5. The second kappa shape index (κ2) is 13.7. The van der Waals surface area contributed by atoms with Crippen LogP contribution in [0, 0.1) is 0 Å². The first kappa shape index (κ1) is 29.4. The van der Waals surface area contributed by atoms with Crippen molar-refractivity contribution < 1.29 is 9.47 Å². The van der Waals surface area contributed by atoms with Crippen molar-refractivity contribution in [2.45, 2.75) is 45.3 Å². The Morgan fingerprint density at radius 1 is 0.561 bits per heavy atom. The van der Waals surface area contributed by atoms with Crippen LogP contribution in [0.5, 0.6) is 11.5 Å². The normalized spacial score (nSPS) is 11.0. The van der Waals surface area contributed by atoms with E-state index in [1.54, 1.807) is 0 Å². The maximum absolute atomic E-state index is 6.26. The molecule has 4 aromatic carbocycles. The molecule has 4 aromatic rings. The molecule has 0 saturated carbocycles. The molecule has 2 nitrogen and oxygen atoms in total. The van der Waals surface area contributed by atoms with Crippen molar-refractivity contribution in [3.63, 3.8) is 0 Å². The molecule has 0 saturated heterocycles. The molecule has 0 aliphatic carbocycles. The van der Waals surface area contributed by atoms with Gasteiger partial charge in [0, 0.05) is 5.41 Å². The zero-order valence-corrected chi connectivity index (χ0v) is 24.4. The van der Waals surface area contributed by atoms with E-state index in [4.69, 9.17) is 9.47 Å². The average Bonchev–Trinajstić information content (AvgIpc) is 3.00. The SMILES string of the molecule is C=CCc1cc(C(C)(C)c2ccc(OCc3ccc(C=C)cc3)c(CC=C)c2)ccc1OCc1ccc(C=C)cc1. The summed E-state index contributed by atoms with van der Waals surface area (Å²) in [5, 5.41) is 0. The molecular formula is C39H40O2. The van der Waals surface area contributed by atoms with Crippen LogP contribution in [0.1, 0.15) is 58.4 Å². The van der Waals surface area contributed by atoms with Crippen molar-refractivity contribution in [2.75, 3.05) is 0 Å². The lowest BCUT2D eigenvalue weighted by Crippen LogP contribution is -2.20. The van der Waals surface area contributed by atoms with E-state index in [-0.39, 0.29) is 5.41 Å². The summed E-state index contributed by atoms with van der Waals surface area (Å²) in [5.74, 6) is 1.77. The topological polar surface area (TPSA) is 18.5 Å². The molecule has 0 heterocycles. The van der Waals surface area contributed by atoms with Gasteiger partial charge >= 0.3 is 0 Å². The number of ether oxygens (including phenoxy) is 2. The van der Waals surface area contributed by atoms with Gasteiger partial charge in [0.1, 0.15) is 24.7 Å². The number of hydrogen-bond donors (Lipinski definition) is 0. The number of benzene rings is 4. The monoisotopic (exact) mass is 540 g/mol. The second-order valence-electron chi connectivity index (χ2n) is 10.7. The van der Waals surface area contributed by atoms with E-state index >= 15 is 0 Å². The number of allylic oxidation sites excluding steroid dienone is 2. The van der Waals surface area contributed by atoms with Crippen LogP contribution in [0.2, 0.25) is 0 Å². The maximum Gasteiger partial charge on any atom is 0.123 e. The fraction of sp³-hybridized carbons (Fsp3) is 0.179. The third kappa shape index (κ3) is 7.35. The Morgan fingerprint density at radius 3 is 1.29 bits per heavy atom. The summed E-state index contributed by atoms with van der Waals surface area (Å²) in [6.07, 6.45) is 9.01. The van der Waals surface area contributed by atoms with Crippen LogP contribution in [0.3, 0.4) is 0 Å². The van der Waals surface area contributed by atoms with Gasteiger partial charge in [-0.05, 0) is 69.5 Å². The predicted octanol–water partition coefficient (Wildman–Crippen LogP) is 9.91. The molecule has 0 atom stereocenters. The van der Waals surface area contributed by atoms with E-state index in [0.29, 0.717) is 13.2 Å². The fourth-order valence-corrected chi connectivity index (χ4v) is 4.84. The molecule has 0 fully saturated rings. The van der Waals surface area contributed by atoms with Gasteiger partial charge in [-0.25, -0.2) is 0 Å². The molecule has 4 rings (SSSR count). The smallest absolute Gasteiger partial charge is 0.123 e. The summed E-state index contributed by atoms with van der Waals surface area (Å²) in [4.78, 5) is 0. The minimum absolute atomic E-state index is 0.232. The van der Waals surface area contributed by atoms with E-state index < -0.39 is 0 Å². The minimum atomic E-state index is -0.232. The van der Waals surface area contributed by atoms with Crippen molar-refractivity contribution in [1.82, 2.24) is 0 Å². The largest absolute Gasteiger partial charge is 0.489 e. The van der Waals surface area contributed by atoms with Crippen molar-refractivity contribution in [1.29, 1.82) is 0 Å². The van der Waals surface area contributed by atoms with Crippen molar-refractivity contribution in [3.05, 3.63) is 168 Å². The van der Waals surface area contributed by atoms with E-state index in [1.165, 1.54) is 11.1 Å². The third-order valence-corrected chi connectivity index (χ3v) is 7.51. The molecule has 0 amide bonds. The molecular weight excluding hydrogens is 500 g/mol. The Morgan fingerprint density at radius 2 is 0.951 bits per heavy atom. The number of rotatable bonds is 14. The molecule has 208 valence electrons. The van der Waals surface area contributed by atoms with Crippen molar-refractivity contribution in [3.8, 4) is 11.5 Å². The van der Waals surface area contributed by atoms with E-state index in [9.17, 15) is 0 Å². The predicted molar refractivity (Wildman–Crippen MR) is 175 cm³/mol. The quantitative estimate of drug-likeness (QED) is 0.148. The van der Waals surface area contributed by atoms with Gasteiger partial charge in [-0.3, -0.25) is 0 Å². The van der Waals surface area contributed by atoms with Crippen molar-refractivity contribution in [2.24, 2.45) is 0 Å². The van der Waals surface area contributed by atoms with Crippen LogP contribution in [0.15, 0.2) is 123 Å². The first-order valence-electron chi connectivity index (χ1n) is 14.0. The molecule has 0 radical (unpaired) electrons. The third-order valence-electron chi connectivity index (χ3n) is 7.51. The first-order valence-corrected chi connectivity index (χ1v) is 14.0. The van der Waals surface area contributed by atoms with Gasteiger partial charge in [-0.15, -0.1) is 13.2 Å². The number of hydrogen-bond acceptors (Lipinski definition) is 2. The minimum Gasteiger partial charge on any atom is -0.489 e. The Hall–Kier alpha value is -4.56. The van der Waals surface area contributed by atoms with Crippen molar-refractivity contribution >= 4 is 12.2 Å². The van der Waals surface area contributed by atoms with Crippen LogP contribution < -0.4 is 9.47 Å². The summed E-state index contributed by atoms with van der Waals surface area (Å²) in [6.45, 7) is 21.2. The Labute approximate surface area is 246 Å². The van der Waals surface area contributed by atoms with E-state index in [0.717, 1.165) is 57.7 Å². The van der Waals surface area contributed by atoms with E-state index in [2.05, 4.69) is 125 Å². The van der Waals surface area contributed by atoms with Gasteiger partial charge < -0.3 is 9.47 Å². The Balaban J connectivity index is 1.55. The van der Waals surface area contributed by atoms with Crippen LogP contribution in [0.25, 0.3) is 12.2 Å². The van der Waals surface area contributed by atoms with Gasteiger partial charge in [0.2, 0.25) is 0 Å². The van der Waals surface area contributed by atoms with Crippen LogP contribution in [-0.4, -0.2) is 0 Å². The Kier molecular flexibility index (Phi) is 9.81. The van der Waals surface area contributed by atoms with Gasteiger partial charge in [0.05, 0.1) is 0 Å². The molecule has 0 spiro atoms. The van der Waals surface area contributed by atoms with Crippen LogP contribution in [0.4, 0.5) is 0 Å². The first-order chi connectivity index (χ1) is 19.9. The molecule has 0 bridgehead atoms. The summed E-state index contributed by atoms with van der Waals surface area (Å²) in [6, 6.07) is 29.6. The fourth-order valence-electron chi connectivity index (χ4n) is 4.84. The summed E-state index contributed by atoms with van der Waals surface area (Å²) >= 11 is 0. The second-order valence-corrected chi connectivity index (χ2v) is 10.7. The highest BCUT2D eigenvalue weighted by molar-refractivity contribution is 5.50. The highest BCUT2D eigenvalue weighted by Gasteiger charge is 2.25. The zero-order valence-electron chi connectivity index (χ0n) is 24.4. The maximum atomic E-state index is 6.26. The zero-order chi connectivity index (χ0) is 29.2. The summed E-state index contributed by atoms with van der Waals surface area (Å²) in [5.41, 5.74) is 8.90. The molecule has 0 unspecified atom stereocenters. The van der Waals surface area contributed by atoms with E-state index in [1.807, 2.05) is 24.3 Å². The highest BCUT2D eigenvalue weighted by Crippen LogP contribution is 2.37. The van der Waals surface area contributed by atoms with Crippen LogP contribution >= 0.6 is 0 Å². The molecule has 0 aromatic heterocycles. The lowest BCUT2D eigenvalue weighted by atomic mass is 9.76. The average molecular weight is 541 g/mol. The van der Waals surface area contributed by atoms with Gasteiger partial charge in [-0.1, -0.05) is 124 Å². The van der Waals surface area contributed by atoms with Gasteiger partial charge in [0.15, 0.2) is 0 Å². The molecule has 0 aliphatic rings. The molecule has 41 heavy (non-hydrogen) atoms. The van der Waals surface area contributed by atoms with Gasteiger partial charge in [-0.2, -0.15) is 0 Å². The molecule has 0 N–H and O–H groups in total. The molecule has 2 heteroatoms. The molecule has 0 aliphatic heterocycles. The van der Waals surface area contributed by atoms with Crippen LogP contribution in [-0.2, 0) is 31.5 Å². The standard InChI is InChI=1S/C39H40O2/c1-7-11-33-25-35(21-23-37(33)40-27-31-17-13-29(9-3)14-18-31)39(5,6)36-22-24-38(34(26-36)12-8-2)41-28-32-19-15-30(10-4)16-20-32/h7-10,13-26H,1-4,11-12,27-28H2,5-6H3. The lowest BCUT2D eigenvalue weighted by molar-refractivity contribution is 0.303. The lowest BCUT2D eigenvalue weighted by Gasteiger charge is -2.28.